The van der Waals surface area contributed by atoms with E-state index in [1.807, 2.05) is 54.6 Å². The molecule has 7 N–H and O–H groups in total. The third kappa shape index (κ3) is 22.2. The fourth-order valence-electron chi connectivity index (χ4n) is 7.26. The first-order chi connectivity index (χ1) is 34.1. The summed E-state index contributed by atoms with van der Waals surface area (Å²) in [6.45, 7) is 4.57. The number of ketones is 1. The monoisotopic (exact) mass is 1120 g/mol. The van der Waals surface area contributed by atoms with Crippen LogP contribution in [-0.4, -0.2) is 121 Å². The summed E-state index contributed by atoms with van der Waals surface area (Å²) in [6, 6.07) is 26.5. The van der Waals surface area contributed by atoms with Gasteiger partial charge in [0.1, 0.15) is 47.8 Å². The lowest BCUT2D eigenvalue weighted by atomic mass is 10.1. The zero-order valence-corrected chi connectivity index (χ0v) is 45.1. The fourth-order valence-corrected chi connectivity index (χ4v) is 14.0. The quantitative estimate of drug-likeness (QED) is 0.0143. The maximum atomic E-state index is 13.5. The van der Waals surface area contributed by atoms with Crippen molar-refractivity contribution < 1.29 is 85.2 Å². The standard InChI is InChI=1S/C50H66N5O13PS2.BrH/c1-4-66-46(60)30-27-42(56)40(33-70-71-34-41(48(62)52-32-47(61)67-5-2)55-44(58)28-25-38(51)49(63)64)54-45(59)29-26-39(50(65)68-6-3)53-43(57)24-16-17-31-69(35-18-10-7-11-19-35,36-20-12-8-13-21-36)37-22-14-9-15-23-37;/h7-15,18-23,38-41H,4-6,16-17,24-34,51H2,1-3H3,(H4-,52,53,54,55,57,58,59,62,63,64);1H. The Kier molecular flexibility index (Phi) is 30.5. The van der Waals surface area contributed by atoms with Crippen LogP contribution in [0.15, 0.2) is 91.0 Å². The lowest BCUT2D eigenvalue weighted by molar-refractivity contribution is -0.438. The molecule has 4 amide bonds. The van der Waals surface area contributed by atoms with Gasteiger partial charge in [-0.1, -0.05) is 76.2 Å². The number of rotatable bonds is 34. The largest absolute Gasteiger partial charge is 1.00 e. The molecule has 0 aliphatic heterocycles. The van der Waals surface area contributed by atoms with Gasteiger partial charge in [-0.15, -0.1) is 0 Å². The maximum absolute atomic E-state index is 13.5. The van der Waals surface area contributed by atoms with Crippen molar-refractivity contribution in [1.82, 2.24) is 21.3 Å². The van der Waals surface area contributed by atoms with Gasteiger partial charge in [-0.2, -0.15) is 0 Å². The van der Waals surface area contributed by atoms with Gasteiger partial charge in [-0.25, -0.2) is 4.79 Å². The third-order valence-corrected chi connectivity index (χ3v) is 17.8. The van der Waals surface area contributed by atoms with Crippen molar-refractivity contribution in [3.8, 4) is 0 Å². The van der Waals surface area contributed by atoms with Crippen LogP contribution < -0.4 is 65.0 Å². The summed E-state index contributed by atoms with van der Waals surface area (Å²) < 4.78 is 15.1. The summed E-state index contributed by atoms with van der Waals surface area (Å²) in [7, 11) is 0.00714. The number of amides is 4. The van der Waals surface area contributed by atoms with Gasteiger partial charge in [-0.05, 0) is 76.4 Å². The molecule has 22 heteroatoms. The van der Waals surface area contributed by atoms with Crippen LogP contribution in [0, 0.1) is 0 Å². The lowest BCUT2D eigenvalue weighted by Crippen LogP contribution is -3.00. The second kappa shape index (κ2) is 34.9. The number of benzene rings is 3. The molecule has 0 spiro atoms. The van der Waals surface area contributed by atoms with E-state index in [1.54, 1.807) is 20.8 Å². The van der Waals surface area contributed by atoms with Crippen LogP contribution in [-0.2, 0) is 57.4 Å². The Morgan fingerprint density at radius 3 is 1.54 bits per heavy atom. The highest BCUT2D eigenvalue weighted by Gasteiger charge is 2.44. The lowest BCUT2D eigenvalue weighted by Gasteiger charge is -2.27. The molecule has 0 aliphatic carbocycles. The second-order valence-electron chi connectivity index (χ2n) is 16.1. The first-order valence-corrected chi connectivity index (χ1v) is 28.1. The zero-order chi connectivity index (χ0) is 52.0. The van der Waals surface area contributed by atoms with Crippen molar-refractivity contribution >= 4 is 98.1 Å². The summed E-state index contributed by atoms with van der Waals surface area (Å²) in [6.07, 6.45) is 0.747. The third-order valence-electron chi connectivity index (χ3n) is 10.9. The van der Waals surface area contributed by atoms with Crippen LogP contribution in [0.5, 0.6) is 0 Å². The molecule has 0 aromatic heterocycles. The normalized spacial score (nSPS) is 12.6. The molecule has 4 unspecified atom stereocenters. The number of carboxylic acids is 1. The molecule has 0 radical (unpaired) electrons. The molecular formula is C50H67BrN5O13PS2. The first kappa shape index (κ1) is 62.8. The van der Waals surface area contributed by atoms with Gasteiger partial charge in [-0.3, -0.25) is 33.6 Å². The molecule has 0 heterocycles. The van der Waals surface area contributed by atoms with E-state index in [-0.39, 0.29) is 99.2 Å². The fraction of sp³-hybridized carbons (Fsp3) is 0.460. The average Bonchev–Trinajstić information content (AvgIpc) is 3.36. The van der Waals surface area contributed by atoms with Crippen LogP contribution in [0.25, 0.3) is 0 Å². The van der Waals surface area contributed by atoms with Gasteiger partial charge < -0.3 is 68.1 Å². The SMILES string of the molecule is CCOC(=O)CCC(=O)C(CSSCC(NC(=O)CCC([NH3+])C(=O)[O-])C(=O)NCC(=O)OCC)NC(=O)CCC(NC(=O)CCCC[P+](c1ccccc1)(c1ccccc1)c1ccccc1)C(=O)OCC.[Br-]. The molecule has 4 atom stereocenters. The van der Waals surface area contributed by atoms with Gasteiger partial charge in [0.2, 0.25) is 23.6 Å². The van der Waals surface area contributed by atoms with Crippen LogP contribution in [0.1, 0.15) is 78.6 Å². The topological polar surface area (TPSA) is 280 Å². The number of carbonyl (C=O) groups is 9. The van der Waals surface area contributed by atoms with E-state index in [0.29, 0.717) is 12.8 Å². The molecule has 0 saturated heterocycles. The minimum absolute atomic E-state index is 0. The molecule has 72 heavy (non-hydrogen) atoms. The molecule has 0 fully saturated rings. The van der Waals surface area contributed by atoms with E-state index in [0.717, 1.165) is 27.7 Å². The summed E-state index contributed by atoms with van der Waals surface area (Å²) in [5.74, 6) is -6.53. The number of halogens is 1. The van der Waals surface area contributed by atoms with Gasteiger partial charge in [0, 0.05) is 43.6 Å². The highest BCUT2D eigenvalue weighted by molar-refractivity contribution is 8.76. The Bertz CT molecular complexity index is 2100. The van der Waals surface area contributed by atoms with E-state index in [9.17, 15) is 48.3 Å². The number of unbranched alkanes of at least 4 members (excludes halogenated alkanes) is 1. The number of carbonyl (C=O) groups excluding carboxylic acids is 9. The zero-order valence-electron chi connectivity index (χ0n) is 40.9. The first-order valence-electron chi connectivity index (χ1n) is 23.6. The van der Waals surface area contributed by atoms with Crippen molar-refractivity contribution in [3.05, 3.63) is 91.0 Å². The highest BCUT2D eigenvalue weighted by atomic mass is 79.9. The average molecular weight is 1120 g/mol. The van der Waals surface area contributed by atoms with Gasteiger partial charge in [0.05, 0.1) is 44.4 Å². The van der Waals surface area contributed by atoms with E-state index in [4.69, 9.17) is 14.2 Å². The van der Waals surface area contributed by atoms with E-state index in [2.05, 4.69) is 63.4 Å². The number of hydrogen-bond donors (Lipinski definition) is 5. The van der Waals surface area contributed by atoms with E-state index >= 15 is 0 Å². The van der Waals surface area contributed by atoms with Crippen LogP contribution in [0.2, 0.25) is 0 Å². The van der Waals surface area contributed by atoms with Crippen molar-refractivity contribution in [1.29, 1.82) is 0 Å². The number of Topliss-reactive ketones (excluding diaryl/α,β-unsaturated/α-hetero) is 1. The van der Waals surface area contributed by atoms with Gasteiger partial charge >= 0.3 is 17.9 Å². The predicted octanol–water partition coefficient (Wildman–Crippen LogP) is -1.93. The van der Waals surface area contributed by atoms with E-state index in [1.165, 1.54) is 15.9 Å². The molecule has 0 bridgehead atoms. The van der Waals surface area contributed by atoms with Crippen molar-refractivity contribution in [2.24, 2.45) is 0 Å². The molecule has 3 aromatic rings. The van der Waals surface area contributed by atoms with Crippen molar-refractivity contribution in [2.45, 2.75) is 103 Å². The Morgan fingerprint density at radius 2 is 1.03 bits per heavy atom. The van der Waals surface area contributed by atoms with Crippen LogP contribution in [0.4, 0.5) is 0 Å². The van der Waals surface area contributed by atoms with Crippen molar-refractivity contribution in [3.63, 3.8) is 0 Å². The number of aliphatic carboxylic acids is 1. The smallest absolute Gasteiger partial charge is 0.328 e. The molecule has 0 aliphatic rings. The van der Waals surface area contributed by atoms with Crippen LogP contribution in [0.3, 0.4) is 0 Å². The number of quaternary nitrogens is 1. The minimum atomic E-state index is -2.12. The number of hydrogen-bond acceptors (Lipinski definition) is 15. The molecule has 394 valence electrons. The Balaban J connectivity index is 0.0000178. The molecule has 3 aromatic carbocycles. The second-order valence-corrected chi connectivity index (χ2v) is 22.2. The highest BCUT2D eigenvalue weighted by Crippen LogP contribution is 2.56. The summed E-state index contributed by atoms with van der Waals surface area (Å²) in [4.78, 5) is 114. The summed E-state index contributed by atoms with van der Waals surface area (Å²) in [5, 5.41) is 25.1. The Morgan fingerprint density at radius 1 is 0.569 bits per heavy atom. The van der Waals surface area contributed by atoms with Crippen molar-refractivity contribution in [2.75, 3.05) is 44.0 Å². The summed E-state index contributed by atoms with van der Waals surface area (Å²) in [5.41, 5.74) is 3.42. The Labute approximate surface area is 440 Å². The minimum Gasteiger partial charge on any atom is -1.00 e. The Hall–Kier alpha value is -5.34. The molecule has 0 saturated carbocycles. The number of carboxylic acid groups (broad SMARTS) is 1. The van der Waals surface area contributed by atoms with Gasteiger partial charge in [0.15, 0.2) is 5.78 Å². The van der Waals surface area contributed by atoms with Gasteiger partial charge in [0.25, 0.3) is 0 Å². The molecule has 18 nitrogen and oxygen atoms in total. The molecule has 3 rings (SSSR count). The predicted molar refractivity (Wildman–Crippen MR) is 272 cm³/mol. The number of nitrogens with one attached hydrogen (secondary N) is 4. The number of esters is 3. The number of ether oxygens (including phenoxy) is 3. The van der Waals surface area contributed by atoms with Crippen LogP contribution >= 0.6 is 28.9 Å². The van der Waals surface area contributed by atoms with E-state index < -0.39 is 85.4 Å². The maximum Gasteiger partial charge on any atom is 0.328 e. The summed E-state index contributed by atoms with van der Waals surface area (Å²) >= 11 is 0. The molecular weight excluding hydrogens is 1050 g/mol.